The number of amides is 3. The molecule has 0 unspecified atom stereocenters. The molecule has 6 nitrogen and oxygen atoms in total. The van der Waals surface area contributed by atoms with E-state index in [9.17, 15) is 9.59 Å². The number of urea groups is 1. The Kier molecular flexibility index (Phi) is 5.10. The summed E-state index contributed by atoms with van der Waals surface area (Å²) in [6.45, 7) is -0.360. The van der Waals surface area contributed by atoms with Gasteiger partial charge < -0.3 is 10.1 Å². The third-order valence-electron chi connectivity index (χ3n) is 2.65. The Balaban J connectivity index is 1.83. The Bertz CT molecular complexity index is 708. The lowest BCUT2D eigenvalue weighted by Crippen LogP contribution is -2.37. The predicted octanol–water partition coefficient (Wildman–Crippen LogP) is 2.29. The fourth-order valence-electron chi connectivity index (χ4n) is 1.67. The molecular formula is C16H13N3O3. The highest BCUT2D eigenvalue weighted by Gasteiger charge is 2.10. The van der Waals surface area contributed by atoms with Gasteiger partial charge in [0.05, 0.1) is 5.56 Å². The maximum atomic E-state index is 11.6. The van der Waals surface area contributed by atoms with E-state index < -0.39 is 11.9 Å². The lowest BCUT2D eigenvalue weighted by atomic mass is 10.2. The molecule has 110 valence electrons. The third kappa shape index (κ3) is 4.35. The summed E-state index contributed by atoms with van der Waals surface area (Å²) in [5, 5.41) is 13.6. The minimum absolute atomic E-state index is 0.295. The number of carbonyl (C=O) groups excluding carboxylic acids is 2. The Labute approximate surface area is 127 Å². The molecule has 0 saturated carbocycles. The van der Waals surface area contributed by atoms with Gasteiger partial charge >= 0.3 is 6.03 Å². The molecule has 0 aliphatic rings. The molecule has 0 atom stereocenters. The maximum absolute atomic E-state index is 11.6. The molecule has 0 bridgehead atoms. The third-order valence-corrected chi connectivity index (χ3v) is 2.65. The summed E-state index contributed by atoms with van der Waals surface area (Å²) in [6.07, 6.45) is 0. The summed E-state index contributed by atoms with van der Waals surface area (Å²) < 4.78 is 5.23. The van der Waals surface area contributed by atoms with E-state index in [1.54, 1.807) is 48.5 Å². The van der Waals surface area contributed by atoms with Crippen molar-refractivity contribution in [3.63, 3.8) is 0 Å². The molecule has 6 heteroatoms. The first-order chi connectivity index (χ1) is 10.7. The number of carbonyl (C=O) groups is 2. The summed E-state index contributed by atoms with van der Waals surface area (Å²) in [4.78, 5) is 23.2. The number of nitrogens with one attached hydrogen (secondary N) is 2. The zero-order chi connectivity index (χ0) is 15.8. The molecule has 3 amide bonds. The molecule has 0 aromatic heterocycles. The summed E-state index contributed by atoms with van der Waals surface area (Å²) in [5.41, 5.74) is 0.896. The SMILES string of the molecule is N#Cc1ccccc1OCC(=O)NC(=O)Nc1ccccc1. The van der Waals surface area contributed by atoms with Crippen molar-refractivity contribution in [1.82, 2.24) is 5.32 Å². The van der Waals surface area contributed by atoms with Crippen LogP contribution in [0, 0.1) is 11.3 Å². The molecule has 2 N–H and O–H groups in total. The number of imide groups is 1. The number of ether oxygens (including phenoxy) is 1. The number of nitriles is 1. The molecule has 0 saturated heterocycles. The van der Waals surface area contributed by atoms with Crippen LogP contribution in [0.2, 0.25) is 0 Å². The first-order valence-electron chi connectivity index (χ1n) is 6.47. The van der Waals surface area contributed by atoms with Crippen molar-refractivity contribution in [3.05, 3.63) is 60.2 Å². The van der Waals surface area contributed by atoms with Crippen molar-refractivity contribution < 1.29 is 14.3 Å². The monoisotopic (exact) mass is 295 g/mol. The summed E-state index contributed by atoms with van der Waals surface area (Å²) in [7, 11) is 0. The van der Waals surface area contributed by atoms with Crippen LogP contribution in [0.4, 0.5) is 10.5 Å². The molecule has 0 heterocycles. The molecule has 0 fully saturated rings. The van der Waals surface area contributed by atoms with Crippen LogP contribution in [0.5, 0.6) is 5.75 Å². The van der Waals surface area contributed by atoms with E-state index in [0.29, 0.717) is 17.0 Å². The number of rotatable bonds is 4. The van der Waals surface area contributed by atoms with Gasteiger partial charge in [-0.2, -0.15) is 5.26 Å². The molecular weight excluding hydrogens is 282 g/mol. The summed E-state index contributed by atoms with van der Waals surface area (Å²) >= 11 is 0. The van der Waals surface area contributed by atoms with Crippen LogP contribution in [-0.2, 0) is 4.79 Å². The van der Waals surface area contributed by atoms with Gasteiger partial charge in [0.25, 0.3) is 5.91 Å². The van der Waals surface area contributed by atoms with Crippen LogP contribution in [0.25, 0.3) is 0 Å². The van der Waals surface area contributed by atoms with Gasteiger partial charge in [-0.25, -0.2) is 4.79 Å². The van der Waals surface area contributed by atoms with Crippen molar-refractivity contribution >= 4 is 17.6 Å². The predicted molar refractivity (Wildman–Crippen MR) is 80.3 cm³/mol. The number of nitrogens with zero attached hydrogens (tertiary/aromatic N) is 1. The van der Waals surface area contributed by atoms with Gasteiger partial charge in [-0.05, 0) is 24.3 Å². The normalized spacial score (nSPS) is 9.41. The number of benzene rings is 2. The van der Waals surface area contributed by atoms with E-state index in [-0.39, 0.29) is 6.61 Å². The standard InChI is InChI=1S/C16H13N3O3/c17-10-12-6-4-5-9-14(12)22-11-15(20)19-16(21)18-13-7-2-1-3-8-13/h1-9H,11H2,(H2,18,19,20,21). The van der Waals surface area contributed by atoms with Crippen molar-refractivity contribution in [2.45, 2.75) is 0 Å². The van der Waals surface area contributed by atoms with E-state index in [1.165, 1.54) is 0 Å². The lowest BCUT2D eigenvalue weighted by molar-refractivity contribution is -0.121. The van der Waals surface area contributed by atoms with Crippen molar-refractivity contribution in [2.24, 2.45) is 0 Å². The Morgan fingerprint density at radius 1 is 1.05 bits per heavy atom. The van der Waals surface area contributed by atoms with Gasteiger partial charge in [0.2, 0.25) is 0 Å². The minimum Gasteiger partial charge on any atom is -0.482 e. The number of hydrogen-bond donors (Lipinski definition) is 2. The molecule has 2 rings (SSSR count). The smallest absolute Gasteiger partial charge is 0.325 e. The van der Waals surface area contributed by atoms with Crippen LogP contribution in [0.15, 0.2) is 54.6 Å². The largest absolute Gasteiger partial charge is 0.482 e. The van der Waals surface area contributed by atoms with Crippen LogP contribution >= 0.6 is 0 Å². The fourth-order valence-corrected chi connectivity index (χ4v) is 1.67. The minimum atomic E-state index is -0.645. The van der Waals surface area contributed by atoms with E-state index in [0.717, 1.165) is 0 Å². The highest BCUT2D eigenvalue weighted by Crippen LogP contribution is 2.16. The van der Waals surface area contributed by atoms with Gasteiger partial charge in [-0.1, -0.05) is 30.3 Å². The zero-order valence-corrected chi connectivity index (χ0v) is 11.6. The summed E-state index contributed by atoms with van der Waals surface area (Å²) in [5.74, 6) is -0.315. The number of anilines is 1. The number of para-hydroxylation sites is 2. The van der Waals surface area contributed by atoms with Gasteiger partial charge in [0.15, 0.2) is 6.61 Å². The molecule has 0 aliphatic carbocycles. The first kappa shape index (κ1) is 15.1. The highest BCUT2D eigenvalue weighted by molar-refractivity contribution is 6.01. The molecule has 2 aromatic carbocycles. The van der Waals surface area contributed by atoms with Crippen molar-refractivity contribution in [1.29, 1.82) is 5.26 Å². The second kappa shape index (κ2) is 7.45. The Hall–Kier alpha value is -3.33. The second-order valence-electron chi connectivity index (χ2n) is 4.26. The van der Waals surface area contributed by atoms with Crippen LogP contribution in [-0.4, -0.2) is 18.5 Å². The van der Waals surface area contributed by atoms with Crippen LogP contribution in [0.1, 0.15) is 5.56 Å². The fraction of sp³-hybridized carbons (Fsp3) is 0.0625. The van der Waals surface area contributed by atoms with Gasteiger partial charge in [0.1, 0.15) is 11.8 Å². The van der Waals surface area contributed by atoms with E-state index in [2.05, 4.69) is 10.6 Å². The second-order valence-corrected chi connectivity index (χ2v) is 4.26. The van der Waals surface area contributed by atoms with Crippen LogP contribution < -0.4 is 15.4 Å². The lowest BCUT2D eigenvalue weighted by Gasteiger charge is -2.08. The van der Waals surface area contributed by atoms with Crippen molar-refractivity contribution in [3.8, 4) is 11.8 Å². The Morgan fingerprint density at radius 2 is 1.73 bits per heavy atom. The number of hydrogen-bond acceptors (Lipinski definition) is 4. The van der Waals surface area contributed by atoms with Crippen LogP contribution in [0.3, 0.4) is 0 Å². The molecule has 2 aromatic rings. The average molecular weight is 295 g/mol. The molecule has 22 heavy (non-hydrogen) atoms. The van der Waals surface area contributed by atoms with E-state index in [4.69, 9.17) is 10.00 Å². The molecule has 0 aliphatic heterocycles. The van der Waals surface area contributed by atoms with E-state index >= 15 is 0 Å². The average Bonchev–Trinajstić information content (AvgIpc) is 2.54. The molecule has 0 spiro atoms. The molecule has 0 radical (unpaired) electrons. The van der Waals surface area contributed by atoms with Gasteiger partial charge in [-0.15, -0.1) is 0 Å². The quantitative estimate of drug-likeness (QED) is 0.905. The maximum Gasteiger partial charge on any atom is 0.325 e. The van der Waals surface area contributed by atoms with Crippen molar-refractivity contribution in [2.75, 3.05) is 11.9 Å². The van der Waals surface area contributed by atoms with Gasteiger partial charge in [-0.3, -0.25) is 10.1 Å². The van der Waals surface area contributed by atoms with E-state index in [1.807, 2.05) is 12.1 Å². The Morgan fingerprint density at radius 3 is 2.45 bits per heavy atom. The highest BCUT2D eigenvalue weighted by atomic mass is 16.5. The topological polar surface area (TPSA) is 91.2 Å². The zero-order valence-electron chi connectivity index (χ0n) is 11.6. The first-order valence-corrected chi connectivity index (χ1v) is 6.47. The van der Waals surface area contributed by atoms with Gasteiger partial charge in [0, 0.05) is 5.69 Å². The summed E-state index contributed by atoms with van der Waals surface area (Å²) in [6, 6.07) is 16.6.